The third-order valence-electron chi connectivity index (χ3n) is 3.31. The summed E-state index contributed by atoms with van der Waals surface area (Å²) >= 11 is 1.66. The summed E-state index contributed by atoms with van der Waals surface area (Å²) in [6.45, 7) is 5.55. The Labute approximate surface area is 164 Å². The third kappa shape index (κ3) is 6.09. The predicted octanol–water partition coefficient (Wildman–Crippen LogP) is 3.62. The lowest BCUT2D eigenvalue weighted by atomic mass is 10.1. The molecule has 0 spiro atoms. The van der Waals surface area contributed by atoms with E-state index in [1.807, 2.05) is 18.2 Å². The molecule has 0 aliphatic rings. The average Bonchev–Trinajstić information content (AvgIpc) is 3.04. The van der Waals surface area contributed by atoms with Crippen LogP contribution in [-0.2, 0) is 13.1 Å². The number of benzene rings is 1. The molecule has 1 aromatic carbocycles. The summed E-state index contributed by atoms with van der Waals surface area (Å²) in [5.41, 5.74) is 2.84. The fraction of sp³-hybridized carbons (Fsp3) is 0.353. The van der Waals surface area contributed by atoms with Gasteiger partial charge in [0.05, 0.1) is 23.9 Å². The first-order chi connectivity index (χ1) is 11.1. The highest BCUT2D eigenvalue weighted by Gasteiger charge is 2.06. The van der Waals surface area contributed by atoms with Gasteiger partial charge in [-0.1, -0.05) is 26.0 Å². The summed E-state index contributed by atoms with van der Waals surface area (Å²) in [7, 11) is 1.74. The van der Waals surface area contributed by atoms with Crippen LogP contribution >= 0.6 is 35.3 Å². The van der Waals surface area contributed by atoms with E-state index in [0.717, 1.165) is 16.3 Å². The molecule has 0 bridgehead atoms. The molecule has 1 aromatic heterocycles. The van der Waals surface area contributed by atoms with Crippen LogP contribution in [0, 0.1) is 11.3 Å². The Morgan fingerprint density at radius 1 is 1.33 bits per heavy atom. The Bertz CT molecular complexity index is 718. The lowest BCUT2D eigenvalue weighted by molar-refractivity contribution is 0.785. The Morgan fingerprint density at radius 3 is 2.71 bits per heavy atom. The molecule has 0 saturated carbocycles. The number of aliphatic imine (C=N–C) groups is 1. The van der Waals surface area contributed by atoms with Crippen LogP contribution in [0.2, 0.25) is 0 Å². The Kier molecular flexibility index (Phi) is 8.71. The summed E-state index contributed by atoms with van der Waals surface area (Å²) in [5.74, 6) is 1.17. The van der Waals surface area contributed by atoms with Gasteiger partial charge in [0.25, 0.3) is 0 Å². The average molecular weight is 455 g/mol. The molecule has 0 saturated heterocycles. The maximum Gasteiger partial charge on any atom is 0.191 e. The van der Waals surface area contributed by atoms with Gasteiger partial charge in [-0.25, -0.2) is 4.98 Å². The zero-order valence-corrected chi connectivity index (χ0v) is 17.2. The Hall–Kier alpha value is -1.66. The molecule has 2 rings (SSSR count). The van der Waals surface area contributed by atoms with Crippen molar-refractivity contribution in [2.24, 2.45) is 4.99 Å². The molecule has 128 valence electrons. The first-order valence-corrected chi connectivity index (χ1v) is 8.38. The van der Waals surface area contributed by atoms with Gasteiger partial charge in [-0.15, -0.1) is 35.3 Å². The van der Waals surface area contributed by atoms with Crippen molar-refractivity contribution >= 4 is 41.3 Å². The van der Waals surface area contributed by atoms with Gasteiger partial charge in [-0.2, -0.15) is 5.26 Å². The van der Waals surface area contributed by atoms with Crippen molar-refractivity contribution in [1.29, 1.82) is 5.26 Å². The Balaban J connectivity index is 0.00000288. The van der Waals surface area contributed by atoms with Crippen LogP contribution in [-0.4, -0.2) is 18.0 Å². The van der Waals surface area contributed by atoms with E-state index < -0.39 is 0 Å². The summed E-state index contributed by atoms with van der Waals surface area (Å²) in [6, 6.07) is 9.68. The van der Waals surface area contributed by atoms with Gasteiger partial charge < -0.3 is 10.6 Å². The van der Waals surface area contributed by atoms with E-state index in [1.54, 1.807) is 24.5 Å². The lowest BCUT2D eigenvalue weighted by Gasteiger charge is -2.11. The van der Waals surface area contributed by atoms with E-state index in [1.165, 1.54) is 0 Å². The molecule has 0 amide bonds. The van der Waals surface area contributed by atoms with Crippen LogP contribution in [0.4, 0.5) is 0 Å². The third-order valence-corrected chi connectivity index (χ3v) is 4.17. The molecular weight excluding hydrogens is 433 g/mol. The molecule has 0 radical (unpaired) electrons. The van der Waals surface area contributed by atoms with Crippen LogP contribution in [0.3, 0.4) is 0 Å². The van der Waals surface area contributed by atoms with Crippen molar-refractivity contribution in [3.8, 4) is 6.07 Å². The van der Waals surface area contributed by atoms with Gasteiger partial charge in [-0.3, -0.25) is 4.99 Å². The minimum absolute atomic E-state index is 0. The minimum atomic E-state index is 0. The molecule has 24 heavy (non-hydrogen) atoms. The van der Waals surface area contributed by atoms with Crippen molar-refractivity contribution < 1.29 is 0 Å². The van der Waals surface area contributed by atoms with Gasteiger partial charge in [-0.05, 0) is 23.6 Å². The summed E-state index contributed by atoms with van der Waals surface area (Å²) < 4.78 is 0. The first-order valence-electron chi connectivity index (χ1n) is 7.50. The van der Waals surface area contributed by atoms with E-state index in [9.17, 15) is 0 Å². The molecule has 1 heterocycles. The van der Waals surface area contributed by atoms with Gasteiger partial charge >= 0.3 is 0 Å². The number of guanidine groups is 1. The normalized spacial score (nSPS) is 10.9. The molecule has 0 aliphatic carbocycles. The van der Waals surface area contributed by atoms with Gasteiger partial charge in [0, 0.05) is 19.0 Å². The number of rotatable bonds is 5. The Morgan fingerprint density at radius 2 is 2.08 bits per heavy atom. The second kappa shape index (κ2) is 10.3. The lowest BCUT2D eigenvalue weighted by Crippen LogP contribution is -2.36. The van der Waals surface area contributed by atoms with Crippen molar-refractivity contribution in [2.75, 3.05) is 7.05 Å². The molecular formula is C17H22IN5S. The fourth-order valence-corrected chi connectivity index (χ4v) is 2.88. The monoisotopic (exact) mass is 455 g/mol. The van der Waals surface area contributed by atoms with Gasteiger partial charge in [0.1, 0.15) is 5.01 Å². The molecule has 2 N–H and O–H groups in total. The maximum atomic E-state index is 8.92. The highest BCUT2D eigenvalue weighted by atomic mass is 127. The van der Waals surface area contributed by atoms with E-state index in [-0.39, 0.29) is 24.0 Å². The van der Waals surface area contributed by atoms with E-state index in [4.69, 9.17) is 5.26 Å². The smallest absolute Gasteiger partial charge is 0.191 e. The number of nitriles is 1. The standard InChI is InChI=1S/C17H21N5S.HI/c1-12(2)15-11-23-16(22-15)10-21-17(19-3)20-9-14-6-4-5-13(7-14)8-18;/h4-7,11-12H,9-10H2,1-3H3,(H2,19,20,21);1H. The van der Waals surface area contributed by atoms with E-state index >= 15 is 0 Å². The summed E-state index contributed by atoms with van der Waals surface area (Å²) in [4.78, 5) is 8.80. The number of hydrogen-bond acceptors (Lipinski definition) is 4. The number of hydrogen-bond donors (Lipinski definition) is 2. The second-order valence-electron chi connectivity index (χ2n) is 5.41. The van der Waals surface area contributed by atoms with E-state index in [2.05, 4.69) is 45.9 Å². The highest BCUT2D eigenvalue weighted by Crippen LogP contribution is 2.17. The van der Waals surface area contributed by atoms with Gasteiger partial charge in [0.15, 0.2) is 5.96 Å². The number of nitrogens with zero attached hydrogens (tertiary/aromatic N) is 3. The molecule has 0 atom stereocenters. The minimum Gasteiger partial charge on any atom is -0.352 e. The number of aromatic nitrogens is 1. The molecule has 0 aliphatic heterocycles. The maximum absolute atomic E-state index is 8.92. The number of halogens is 1. The highest BCUT2D eigenvalue weighted by molar-refractivity contribution is 14.0. The van der Waals surface area contributed by atoms with E-state index in [0.29, 0.717) is 30.5 Å². The summed E-state index contributed by atoms with van der Waals surface area (Å²) in [5, 5.41) is 18.6. The van der Waals surface area contributed by atoms with Crippen LogP contribution in [0.5, 0.6) is 0 Å². The van der Waals surface area contributed by atoms with Crippen molar-refractivity contribution in [2.45, 2.75) is 32.9 Å². The zero-order chi connectivity index (χ0) is 16.7. The quantitative estimate of drug-likeness (QED) is 0.411. The van der Waals surface area contributed by atoms with Gasteiger partial charge in [0.2, 0.25) is 0 Å². The van der Waals surface area contributed by atoms with Crippen LogP contribution in [0.15, 0.2) is 34.6 Å². The summed E-state index contributed by atoms with van der Waals surface area (Å²) in [6.07, 6.45) is 0. The first kappa shape index (κ1) is 20.4. The van der Waals surface area contributed by atoms with Crippen molar-refractivity contribution in [1.82, 2.24) is 15.6 Å². The van der Waals surface area contributed by atoms with Crippen LogP contribution in [0.1, 0.15) is 41.6 Å². The zero-order valence-electron chi connectivity index (χ0n) is 14.0. The molecule has 7 heteroatoms. The largest absolute Gasteiger partial charge is 0.352 e. The van der Waals surface area contributed by atoms with Crippen molar-refractivity contribution in [3.63, 3.8) is 0 Å². The topological polar surface area (TPSA) is 73.1 Å². The fourth-order valence-electron chi connectivity index (χ4n) is 1.99. The van der Waals surface area contributed by atoms with Crippen molar-refractivity contribution in [3.05, 3.63) is 51.5 Å². The second-order valence-corrected chi connectivity index (χ2v) is 6.35. The number of thiazole rings is 1. The molecule has 2 aromatic rings. The number of nitrogens with one attached hydrogen (secondary N) is 2. The predicted molar refractivity (Wildman–Crippen MR) is 110 cm³/mol. The van der Waals surface area contributed by atoms with Crippen LogP contribution < -0.4 is 10.6 Å². The molecule has 0 unspecified atom stereocenters. The SMILES string of the molecule is CN=C(NCc1cccc(C#N)c1)NCc1nc(C(C)C)cs1.I. The molecule has 5 nitrogen and oxygen atoms in total. The van der Waals surface area contributed by atoms with Crippen LogP contribution in [0.25, 0.3) is 0 Å². The molecule has 0 fully saturated rings.